The lowest BCUT2D eigenvalue weighted by Crippen LogP contribution is -2.60. The smallest absolute Gasteiger partial charge is 0.191 e. The molecule has 0 aliphatic carbocycles. The zero-order valence-corrected chi connectivity index (χ0v) is 21.0. The highest BCUT2D eigenvalue weighted by Gasteiger charge is 2.40. The van der Waals surface area contributed by atoms with Crippen molar-refractivity contribution in [2.24, 2.45) is 4.99 Å². The molecular formula is C20H32FIN4OS2. The van der Waals surface area contributed by atoms with E-state index >= 15 is 0 Å². The third-order valence-corrected chi connectivity index (χ3v) is 7.60. The van der Waals surface area contributed by atoms with Crippen LogP contribution in [-0.4, -0.2) is 80.1 Å². The Labute approximate surface area is 199 Å². The predicted octanol–water partition coefficient (Wildman–Crippen LogP) is 3.30. The van der Waals surface area contributed by atoms with Gasteiger partial charge in [0.25, 0.3) is 0 Å². The van der Waals surface area contributed by atoms with Crippen LogP contribution in [0.1, 0.15) is 12.8 Å². The quantitative estimate of drug-likeness (QED) is 0.169. The van der Waals surface area contributed by atoms with Crippen molar-refractivity contribution in [3.63, 3.8) is 0 Å². The Bertz CT molecular complexity index is 623. The number of halogens is 2. The average molecular weight is 555 g/mol. The van der Waals surface area contributed by atoms with Gasteiger partial charge in [-0.15, -0.1) is 35.7 Å². The number of aliphatic imine (C=N–C) groups is 1. The number of hydrogen-bond donors (Lipinski definition) is 2. The Hall–Kier alpha value is -0.230. The molecule has 2 saturated heterocycles. The van der Waals surface area contributed by atoms with E-state index < -0.39 is 0 Å². The van der Waals surface area contributed by atoms with Crippen LogP contribution in [0.2, 0.25) is 0 Å². The van der Waals surface area contributed by atoms with E-state index in [9.17, 15) is 4.39 Å². The number of guanidine groups is 1. The van der Waals surface area contributed by atoms with E-state index in [0.29, 0.717) is 0 Å². The molecule has 29 heavy (non-hydrogen) atoms. The van der Waals surface area contributed by atoms with Gasteiger partial charge in [0.2, 0.25) is 0 Å². The van der Waals surface area contributed by atoms with Crippen LogP contribution < -0.4 is 10.6 Å². The molecule has 9 heteroatoms. The molecule has 3 rings (SSSR count). The molecule has 164 valence electrons. The van der Waals surface area contributed by atoms with Gasteiger partial charge in [0.15, 0.2) is 5.96 Å². The molecular weight excluding hydrogens is 522 g/mol. The number of rotatable bonds is 8. The highest BCUT2D eigenvalue weighted by atomic mass is 127. The molecule has 2 aliphatic rings. The molecule has 0 spiro atoms. The molecule has 0 aromatic heterocycles. The summed E-state index contributed by atoms with van der Waals surface area (Å²) < 4.78 is 18.5. The fourth-order valence-electron chi connectivity index (χ4n) is 3.60. The first kappa shape index (κ1) is 25.0. The number of ether oxygens (including phenoxy) is 1. The minimum Gasteiger partial charge on any atom is -0.379 e. The molecule has 1 aromatic carbocycles. The Morgan fingerprint density at radius 2 is 2.03 bits per heavy atom. The molecule has 1 atom stereocenters. The second-order valence-corrected chi connectivity index (χ2v) is 9.41. The van der Waals surface area contributed by atoms with E-state index in [2.05, 4.69) is 20.5 Å². The lowest BCUT2D eigenvalue weighted by Gasteiger charge is -2.43. The predicted molar refractivity (Wildman–Crippen MR) is 134 cm³/mol. The monoisotopic (exact) mass is 554 g/mol. The van der Waals surface area contributed by atoms with Gasteiger partial charge < -0.3 is 15.4 Å². The first-order chi connectivity index (χ1) is 13.7. The van der Waals surface area contributed by atoms with Gasteiger partial charge in [-0.1, -0.05) is 0 Å². The first-order valence-corrected chi connectivity index (χ1v) is 12.1. The highest BCUT2D eigenvalue weighted by Crippen LogP contribution is 2.33. The van der Waals surface area contributed by atoms with Crippen LogP contribution in [0, 0.1) is 5.82 Å². The minimum atomic E-state index is -0.184. The summed E-state index contributed by atoms with van der Waals surface area (Å²) in [5, 5.41) is 6.98. The van der Waals surface area contributed by atoms with E-state index in [0.717, 1.165) is 62.4 Å². The van der Waals surface area contributed by atoms with Gasteiger partial charge in [-0.2, -0.15) is 11.8 Å². The van der Waals surface area contributed by atoms with E-state index in [1.54, 1.807) is 11.8 Å². The summed E-state index contributed by atoms with van der Waals surface area (Å²) in [7, 11) is 1.83. The molecule has 2 aliphatic heterocycles. The third-order valence-electron chi connectivity index (χ3n) is 5.27. The summed E-state index contributed by atoms with van der Waals surface area (Å²) in [6, 6.07) is 6.69. The van der Waals surface area contributed by atoms with Gasteiger partial charge in [0, 0.05) is 49.4 Å². The number of thioether (sulfide) groups is 2. The maximum absolute atomic E-state index is 12.9. The highest BCUT2D eigenvalue weighted by molar-refractivity contribution is 14.0. The number of hydrogen-bond acceptors (Lipinski definition) is 5. The lowest BCUT2D eigenvalue weighted by atomic mass is 9.95. The Balaban J connectivity index is 0.00000300. The Morgan fingerprint density at radius 3 is 2.69 bits per heavy atom. The zero-order valence-electron chi connectivity index (χ0n) is 17.0. The van der Waals surface area contributed by atoms with Crippen molar-refractivity contribution in [2.45, 2.75) is 23.3 Å². The zero-order chi connectivity index (χ0) is 19.7. The second kappa shape index (κ2) is 13.2. The van der Waals surface area contributed by atoms with Gasteiger partial charge in [-0.05, 0) is 48.6 Å². The molecule has 0 amide bonds. The van der Waals surface area contributed by atoms with Gasteiger partial charge >= 0.3 is 0 Å². The van der Waals surface area contributed by atoms with Crippen molar-refractivity contribution in [3.05, 3.63) is 30.1 Å². The van der Waals surface area contributed by atoms with Gasteiger partial charge in [0.05, 0.1) is 13.2 Å². The maximum Gasteiger partial charge on any atom is 0.191 e. The van der Waals surface area contributed by atoms with Crippen molar-refractivity contribution in [1.29, 1.82) is 0 Å². The molecule has 5 nitrogen and oxygen atoms in total. The largest absolute Gasteiger partial charge is 0.379 e. The van der Waals surface area contributed by atoms with Crippen molar-refractivity contribution < 1.29 is 9.13 Å². The van der Waals surface area contributed by atoms with Crippen LogP contribution in [-0.2, 0) is 4.74 Å². The second-order valence-electron chi connectivity index (χ2n) is 7.13. The van der Waals surface area contributed by atoms with Crippen LogP contribution in [0.5, 0.6) is 0 Å². The van der Waals surface area contributed by atoms with Crippen LogP contribution in [0.4, 0.5) is 4.39 Å². The summed E-state index contributed by atoms with van der Waals surface area (Å²) in [5.41, 5.74) is 0.213. The van der Waals surface area contributed by atoms with Gasteiger partial charge in [0.1, 0.15) is 5.82 Å². The Kier molecular flexibility index (Phi) is 11.4. The average Bonchev–Trinajstić information content (AvgIpc) is 3.22. The van der Waals surface area contributed by atoms with Crippen LogP contribution >= 0.6 is 47.5 Å². The number of nitrogens with one attached hydrogen (secondary N) is 2. The van der Waals surface area contributed by atoms with Crippen molar-refractivity contribution >= 4 is 53.5 Å². The van der Waals surface area contributed by atoms with Crippen molar-refractivity contribution in [2.75, 3.05) is 63.7 Å². The van der Waals surface area contributed by atoms with E-state index in [-0.39, 0.29) is 35.3 Å². The van der Waals surface area contributed by atoms with Crippen LogP contribution in [0.3, 0.4) is 0 Å². The minimum absolute atomic E-state index is 0. The van der Waals surface area contributed by atoms with Crippen LogP contribution in [0.15, 0.2) is 34.2 Å². The van der Waals surface area contributed by atoms with Crippen molar-refractivity contribution in [1.82, 2.24) is 15.5 Å². The van der Waals surface area contributed by atoms with E-state index in [1.807, 2.05) is 30.9 Å². The standard InChI is InChI=1S/C20H31FN4OS2.HI/c1-22-19(23-8-2-13-28-18-5-3-17(21)4-6-18)24-15-20(7-14-27-16-20)25-9-11-26-12-10-25;/h3-6H,2,7-16H2,1H3,(H2,22,23,24);1H. The summed E-state index contributed by atoms with van der Waals surface area (Å²) >= 11 is 3.80. The van der Waals surface area contributed by atoms with E-state index in [1.165, 1.54) is 30.1 Å². The maximum atomic E-state index is 12.9. The number of morpholine rings is 1. The molecule has 1 unspecified atom stereocenters. The van der Waals surface area contributed by atoms with E-state index in [4.69, 9.17) is 4.74 Å². The fraction of sp³-hybridized carbons (Fsp3) is 0.650. The molecule has 2 heterocycles. The topological polar surface area (TPSA) is 48.9 Å². The van der Waals surface area contributed by atoms with Crippen molar-refractivity contribution in [3.8, 4) is 0 Å². The number of benzene rings is 1. The molecule has 2 fully saturated rings. The number of nitrogens with zero attached hydrogens (tertiary/aromatic N) is 2. The molecule has 0 bridgehead atoms. The molecule has 2 N–H and O–H groups in total. The summed E-state index contributed by atoms with van der Waals surface area (Å²) in [6.07, 6.45) is 2.24. The summed E-state index contributed by atoms with van der Waals surface area (Å²) in [4.78, 5) is 8.10. The SMILES string of the molecule is CN=C(NCCCSc1ccc(F)cc1)NCC1(N2CCOCC2)CCSC1.I. The Morgan fingerprint density at radius 1 is 1.28 bits per heavy atom. The molecule has 0 radical (unpaired) electrons. The summed E-state index contributed by atoms with van der Waals surface area (Å²) in [6.45, 7) is 5.51. The molecule has 0 saturated carbocycles. The van der Waals surface area contributed by atoms with Gasteiger partial charge in [-0.3, -0.25) is 9.89 Å². The lowest BCUT2D eigenvalue weighted by molar-refractivity contribution is -0.0120. The molecule has 1 aromatic rings. The fourth-order valence-corrected chi connectivity index (χ4v) is 5.93. The summed E-state index contributed by atoms with van der Waals surface area (Å²) in [5.74, 6) is 4.08. The van der Waals surface area contributed by atoms with Gasteiger partial charge in [-0.25, -0.2) is 4.39 Å². The van der Waals surface area contributed by atoms with Crippen LogP contribution in [0.25, 0.3) is 0 Å². The third kappa shape index (κ3) is 7.75. The first-order valence-electron chi connectivity index (χ1n) is 9.95. The normalized spacial score (nSPS) is 22.9.